The van der Waals surface area contributed by atoms with Crippen LogP contribution in [0.15, 0.2) is 30.5 Å². The highest BCUT2D eigenvalue weighted by Gasteiger charge is 2.15. The molecule has 1 saturated heterocycles. The van der Waals surface area contributed by atoms with Gasteiger partial charge in [0.15, 0.2) is 0 Å². The molecule has 0 radical (unpaired) electrons. The molecule has 0 amide bonds. The second-order valence-electron chi connectivity index (χ2n) is 5.59. The minimum absolute atomic E-state index is 0.280. The molecule has 1 unspecified atom stereocenters. The Bertz CT molecular complexity index is 640. The Balaban J connectivity index is 1.65. The Morgan fingerprint density at radius 2 is 2.13 bits per heavy atom. The molecule has 2 heterocycles. The molecule has 6 nitrogen and oxygen atoms in total. The van der Waals surface area contributed by atoms with Crippen LogP contribution in [0.2, 0.25) is 0 Å². The van der Waals surface area contributed by atoms with Crippen LogP contribution in [0.1, 0.15) is 18.4 Å². The molecule has 23 heavy (non-hydrogen) atoms. The van der Waals surface area contributed by atoms with Gasteiger partial charge in [0.25, 0.3) is 0 Å². The van der Waals surface area contributed by atoms with Crippen LogP contribution in [0, 0.1) is 6.92 Å². The van der Waals surface area contributed by atoms with E-state index in [-0.39, 0.29) is 6.10 Å². The van der Waals surface area contributed by atoms with Crippen LogP contribution in [0.3, 0.4) is 0 Å². The van der Waals surface area contributed by atoms with Crippen molar-refractivity contribution in [3.8, 4) is 5.75 Å². The molecule has 1 aromatic heterocycles. The highest BCUT2D eigenvalue weighted by molar-refractivity contribution is 5.57. The number of hydrogen-bond acceptors (Lipinski definition) is 6. The van der Waals surface area contributed by atoms with Gasteiger partial charge in [-0.2, -0.15) is 4.98 Å². The zero-order valence-electron chi connectivity index (χ0n) is 13.5. The van der Waals surface area contributed by atoms with Crippen LogP contribution in [-0.2, 0) is 4.74 Å². The molecule has 2 N–H and O–H groups in total. The number of aromatic nitrogens is 2. The van der Waals surface area contributed by atoms with Gasteiger partial charge in [-0.05, 0) is 44.0 Å². The summed E-state index contributed by atoms with van der Waals surface area (Å²) >= 11 is 0. The number of rotatable bonds is 6. The molecule has 1 atom stereocenters. The lowest BCUT2D eigenvalue weighted by molar-refractivity contribution is 0.120. The number of hydrogen-bond donors (Lipinski definition) is 2. The first-order valence-electron chi connectivity index (χ1n) is 7.85. The van der Waals surface area contributed by atoms with E-state index in [9.17, 15) is 0 Å². The van der Waals surface area contributed by atoms with Crippen LogP contribution >= 0.6 is 0 Å². The number of aryl methyl sites for hydroxylation is 1. The van der Waals surface area contributed by atoms with Crippen LogP contribution < -0.4 is 15.4 Å². The van der Waals surface area contributed by atoms with Gasteiger partial charge in [0, 0.05) is 30.6 Å². The van der Waals surface area contributed by atoms with Crippen molar-refractivity contribution in [2.75, 3.05) is 30.9 Å². The molecule has 0 bridgehead atoms. The maximum absolute atomic E-state index is 5.63. The number of benzene rings is 1. The summed E-state index contributed by atoms with van der Waals surface area (Å²) in [5.41, 5.74) is 1.93. The summed E-state index contributed by atoms with van der Waals surface area (Å²) in [6.07, 6.45) is 4.34. The average molecular weight is 314 g/mol. The minimum Gasteiger partial charge on any atom is -0.497 e. The van der Waals surface area contributed by atoms with E-state index in [1.807, 2.05) is 37.4 Å². The normalized spacial score (nSPS) is 17.0. The second kappa shape index (κ2) is 7.28. The number of methoxy groups -OCH3 is 1. The zero-order valence-corrected chi connectivity index (χ0v) is 13.5. The highest BCUT2D eigenvalue weighted by atomic mass is 16.5. The third kappa shape index (κ3) is 4.10. The van der Waals surface area contributed by atoms with E-state index in [1.165, 1.54) is 0 Å². The van der Waals surface area contributed by atoms with Crippen molar-refractivity contribution < 1.29 is 9.47 Å². The summed E-state index contributed by atoms with van der Waals surface area (Å²) in [5.74, 6) is 2.22. The van der Waals surface area contributed by atoms with Crippen molar-refractivity contribution in [1.29, 1.82) is 0 Å². The molecule has 2 aromatic rings. The van der Waals surface area contributed by atoms with E-state index in [4.69, 9.17) is 9.47 Å². The number of nitrogens with zero attached hydrogens (tertiary/aromatic N) is 2. The smallest absolute Gasteiger partial charge is 0.229 e. The predicted octanol–water partition coefficient (Wildman–Crippen LogP) is 3.13. The zero-order chi connectivity index (χ0) is 16.1. The van der Waals surface area contributed by atoms with Gasteiger partial charge in [-0.3, -0.25) is 0 Å². The summed E-state index contributed by atoms with van der Waals surface area (Å²) in [4.78, 5) is 8.88. The van der Waals surface area contributed by atoms with Gasteiger partial charge >= 0.3 is 0 Å². The first-order valence-corrected chi connectivity index (χ1v) is 7.85. The van der Waals surface area contributed by atoms with E-state index in [0.29, 0.717) is 5.95 Å². The van der Waals surface area contributed by atoms with Crippen molar-refractivity contribution in [3.63, 3.8) is 0 Å². The Labute approximate surface area is 136 Å². The predicted molar refractivity (Wildman–Crippen MR) is 90.5 cm³/mol. The fraction of sp³-hybridized carbons (Fsp3) is 0.412. The molecular formula is C17H22N4O2. The SMILES string of the molecule is COc1ccc(Nc2ncc(C)c(NCC3CCCO3)n2)cc1. The van der Waals surface area contributed by atoms with Crippen molar-refractivity contribution >= 4 is 17.5 Å². The van der Waals surface area contributed by atoms with Gasteiger partial charge in [-0.15, -0.1) is 0 Å². The molecule has 0 spiro atoms. The summed E-state index contributed by atoms with van der Waals surface area (Å²) < 4.78 is 10.8. The summed E-state index contributed by atoms with van der Waals surface area (Å²) in [6, 6.07) is 7.66. The van der Waals surface area contributed by atoms with Gasteiger partial charge in [-0.25, -0.2) is 4.98 Å². The highest BCUT2D eigenvalue weighted by Crippen LogP contribution is 2.20. The Morgan fingerprint density at radius 3 is 2.83 bits per heavy atom. The third-order valence-electron chi connectivity index (χ3n) is 3.84. The lowest BCUT2D eigenvalue weighted by Gasteiger charge is -2.14. The molecule has 3 rings (SSSR count). The summed E-state index contributed by atoms with van der Waals surface area (Å²) in [6.45, 7) is 3.63. The van der Waals surface area contributed by atoms with E-state index >= 15 is 0 Å². The van der Waals surface area contributed by atoms with Gasteiger partial charge < -0.3 is 20.1 Å². The number of anilines is 3. The van der Waals surface area contributed by atoms with Crippen LogP contribution in [0.5, 0.6) is 5.75 Å². The lowest BCUT2D eigenvalue weighted by atomic mass is 10.2. The molecule has 6 heteroatoms. The molecule has 0 aliphatic carbocycles. The van der Waals surface area contributed by atoms with E-state index in [0.717, 1.165) is 48.8 Å². The quantitative estimate of drug-likeness (QED) is 0.854. The van der Waals surface area contributed by atoms with Gasteiger partial charge in [0.2, 0.25) is 5.95 Å². The van der Waals surface area contributed by atoms with Crippen molar-refractivity contribution in [1.82, 2.24) is 9.97 Å². The Morgan fingerprint density at radius 1 is 1.30 bits per heavy atom. The van der Waals surface area contributed by atoms with Crippen molar-refractivity contribution in [2.45, 2.75) is 25.9 Å². The number of ether oxygens (including phenoxy) is 2. The maximum atomic E-state index is 5.63. The second-order valence-corrected chi connectivity index (χ2v) is 5.59. The number of nitrogens with one attached hydrogen (secondary N) is 2. The van der Waals surface area contributed by atoms with E-state index < -0.39 is 0 Å². The van der Waals surface area contributed by atoms with Crippen LogP contribution in [-0.4, -0.2) is 36.3 Å². The molecule has 1 aliphatic rings. The van der Waals surface area contributed by atoms with Gasteiger partial charge in [0.1, 0.15) is 11.6 Å². The average Bonchev–Trinajstić information content (AvgIpc) is 3.09. The third-order valence-corrected chi connectivity index (χ3v) is 3.84. The van der Waals surface area contributed by atoms with Crippen molar-refractivity contribution in [2.24, 2.45) is 0 Å². The first kappa shape index (κ1) is 15.6. The Kier molecular flexibility index (Phi) is 4.92. The van der Waals surface area contributed by atoms with E-state index in [2.05, 4.69) is 20.6 Å². The molecular weight excluding hydrogens is 292 g/mol. The van der Waals surface area contributed by atoms with Gasteiger partial charge in [-0.1, -0.05) is 0 Å². The monoisotopic (exact) mass is 314 g/mol. The fourth-order valence-electron chi connectivity index (χ4n) is 2.50. The fourth-order valence-corrected chi connectivity index (χ4v) is 2.50. The maximum Gasteiger partial charge on any atom is 0.229 e. The summed E-state index contributed by atoms with van der Waals surface area (Å²) in [5, 5.41) is 6.56. The summed E-state index contributed by atoms with van der Waals surface area (Å²) in [7, 11) is 1.65. The van der Waals surface area contributed by atoms with Crippen LogP contribution in [0.4, 0.5) is 17.5 Å². The molecule has 122 valence electrons. The largest absolute Gasteiger partial charge is 0.497 e. The topological polar surface area (TPSA) is 68.3 Å². The van der Waals surface area contributed by atoms with Crippen molar-refractivity contribution in [3.05, 3.63) is 36.0 Å². The minimum atomic E-state index is 0.280. The van der Waals surface area contributed by atoms with Crippen LogP contribution in [0.25, 0.3) is 0 Å². The lowest BCUT2D eigenvalue weighted by Crippen LogP contribution is -2.19. The van der Waals surface area contributed by atoms with Gasteiger partial charge in [0.05, 0.1) is 13.2 Å². The molecule has 1 aliphatic heterocycles. The molecule has 1 fully saturated rings. The van der Waals surface area contributed by atoms with E-state index in [1.54, 1.807) is 7.11 Å². The first-order chi connectivity index (χ1) is 11.2. The molecule has 1 aromatic carbocycles. The Hall–Kier alpha value is -2.34. The molecule has 0 saturated carbocycles. The standard InChI is InChI=1S/C17H22N4O2/c1-12-10-19-17(20-13-5-7-14(22-2)8-6-13)21-16(12)18-11-15-4-3-9-23-15/h5-8,10,15H,3-4,9,11H2,1-2H3,(H2,18,19,20,21).